The summed E-state index contributed by atoms with van der Waals surface area (Å²) in [7, 11) is 3.43. The van der Waals surface area contributed by atoms with E-state index in [1.165, 1.54) is 6.08 Å². The topological polar surface area (TPSA) is 81.1 Å². The van der Waals surface area contributed by atoms with E-state index in [0.717, 1.165) is 10.9 Å². The van der Waals surface area contributed by atoms with Gasteiger partial charge in [-0.25, -0.2) is 0 Å². The van der Waals surface area contributed by atoms with Gasteiger partial charge in [0.25, 0.3) is 0 Å². The van der Waals surface area contributed by atoms with E-state index >= 15 is 0 Å². The van der Waals surface area contributed by atoms with Crippen molar-refractivity contribution in [3.05, 3.63) is 70.5 Å². The highest BCUT2D eigenvalue weighted by Gasteiger charge is 2.17. The fourth-order valence-corrected chi connectivity index (χ4v) is 2.60. The van der Waals surface area contributed by atoms with E-state index in [1.54, 1.807) is 31.4 Å². The van der Waals surface area contributed by atoms with Crippen LogP contribution >= 0.6 is 0 Å². The fraction of sp³-hybridized carbons (Fsp3) is 0.250. The number of rotatable bonds is 6. The molecule has 0 saturated carbocycles. The predicted molar refractivity (Wildman–Crippen MR) is 105 cm³/mol. The van der Waals surface area contributed by atoms with Gasteiger partial charge in [0.05, 0.1) is 23.9 Å². The highest BCUT2D eigenvalue weighted by Crippen LogP contribution is 2.32. The molecule has 0 aliphatic carbocycles. The first-order valence-corrected chi connectivity index (χ1v) is 8.21. The van der Waals surface area contributed by atoms with Gasteiger partial charge in [0.2, 0.25) is 6.54 Å². The Hall–Kier alpha value is -3.33. The van der Waals surface area contributed by atoms with Gasteiger partial charge >= 0.3 is 0 Å². The molecule has 0 bridgehead atoms. The lowest BCUT2D eigenvalue weighted by Gasteiger charge is -2.06. The lowest BCUT2D eigenvalue weighted by molar-refractivity contribution is -0.468. The molecule has 0 N–H and O–H groups in total. The number of nitriles is 1. The van der Waals surface area contributed by atoms with Crippen LogP contribution in [-0.4, -0.2) is 23.1 Å². The molecule has 0 saturated heterocycles. The second-order valence-electron chi connectivity index (χ2n) is 5.05. The minimum atomic E-state index is -0.417. The largest absolute Gasteiger partial charge is 0.497 e. The van der Waals surface area contributed by atoms with E-state index in [0.29, 0.717) is 22.6 Å². The Labute approximate surface area is 153 Å². The second kappa shape index (κ2) is 9.84. The number of allylic oxidation sites excluding steroid dienone is 4. The summed E-state index contributed by atoms with van der Waals surface area (Å²) >= 11 is 0. The van der Waals surface area contributed by atoms with Gasteiger partial charge in [0, 0.05) is 23.4 Å². The minimum Gasteiger partial charge on any atom is -0.497 e. The number of hydrogen-bond acceptors (Lipinski definition) is 4. The first kappa shape index (κ1) is 20.7. The molecule has 6 nitrogen and oxygen atoms in total. The maximum absolute atomic E-state index is 10.5. The first-order valence-electron chi connectivity index (χ1n) is 8.21. The SMILES string of the molecule is C=C/C=C(\C=C/C[N+](=O)[O-])c1c(C#N)c2ccc(OC)cc2n1C.CC. The van der Waals surface area contributed by atoms with E-state index in [1.807, 2.05) is 37.6 Å². The van der Waals surface area contributed by atoms with Gasteiger partial charge in [-0.3, -0.25) is 10.1 Å². The maximum atomic E-state index is 10.5. The average Bonchev–Trinajstić information content (AvgIpc) is 2.93. The monoisotopic (exact) mass is 353 g/mol. The minimum absolute atomic E-state index is 0.284. The summed E-state index contributed by atoms with van der Waals surface area (Å²) < 4.78 is 7.12. The van der Waals surface area contributed by atoms with Gasteiger partial charge in [-0.1, -0.05) is 38.7 Å². The second-order valence-corrected chi connectivity index (χ2v) is 5.05. The normalized spacial score (nSPS) is 11.0. The lowest BCUT2D eigenvalue weighted by atomic mass is 10.1. The standard InChI is InChI=1S/C18H17N3O3.C2H6/c1-4-6-13(7-5-10-21(22)23)18-16(12-19)15-9-8-14(24-3)11-17(15)20(18)2;1-2/h4-9,11H,1,10H2,2-3H3;1-2H3/b7-5-,13-6+;. The van der Waals surface area contributed by atoms with E-state index in [9.17, 15) is 15.4 Å². The van der Waals surface area contributed by atoms with Crippen LogP contribution in [0.3, 0.4) is 0 Å². The van der Waals surface area contributed by atoms with Crippen LogP contribution in [0, 0.1) is 21.4 Å². The predicted octanol–water partition coefficient (Wildman–Crippen LogP) is 4.49. The van der Waals surface area contributed by atoms with Gasteiger partial charge in [0.1, 0.15) is 11.8 Å². The van der Waals surface area contributed by atoms with Crippen molar-refractivity contribution in [1.29, 1.82) is 5.26 Å². The third-order valence-corrected chi connectivity index (χ3v) is 3.64. The Bertz CT molecular complexity index is 899. The number of hydrogen-bond donors (Lipinski definition) is 0. The van der Waals surface area contributed by atoms with Crippen molar-refractivity contribution in [3.8, 4) is 11.8 Å². The van der Waals surface area contributed by atoms with Crippen LogP contribution < -0.4 is 4.74 Å². The maximum Gasteiger partial charge on any atom is 0.222 e. The summed E-state index contributed by atoms with van der Waals surface area (Å²) in [5.74, 6) is 0.692. The number of fused-ring (bicyclic) bond motifs is 1. The van der Waals surface area contributed by atoms with Gasteiger partial charge in [0.15, 0.2) is 0 Å². The van der Waals surface area contributed by atoms with E-state index in [-0.39, 0.29) is 6.54 Å². The molecule has 0 unspecified atom stereocenters. The van der Waals surface area contributed by atoms with Crippen molar-refractivity contribution in [2.24, 2.45) is 7.05 Å². The van der Waals surface area contributed by atoms with Gasteiger partial charge in [-0.2, -0.15) is 5.26 Å². The molecule has 0 amide bonds. The van der Waals surface area contributed by atoms with Gasteiger partial charge in [-0.15, -0.1) is 0 Å². The van der Waals surface area contributed by atoms with Gasteiger partial charge < -0.3 is 9.30 Å². The zero-order valence-corrected chi connectivity index (χ0v) is 15.5. The third-order valence-electron chi connectivity index (χ3n) is 3.64. The van der Waals surface area contributed by atoms with Crippen LogP contribution in [0.5, 0.6) is 5.75 Å². The molecule has 136 valence electrons. The molecule has 0 aliphatic heterocycles. The molecule has 0 atom stereocenters. The van der Waals surface area contributed by atoms with Crippen molar-refractivity contribution < 1.29 is 9.66 Å². The van der Waals surface area contributed by atoms with Crippen molar-refractivity contribution in [3.63, 3.8) is 0 Å². The molecule has 0 fully saturated rings. The van der Waals surface area contributed by atoms with E-state index < -0.39 is 4.92 Å². The van der Waals surface area contributed by atoms with E-state index in [4.69, 9.17) is 4.74 Å². The van der Waals surface area contributed by atoms with Crippen LogP contribution in [-0.2, 0) is 7.05 Å². The molecule has 1 heterocycles. The van der Waals surface area contributed by atoms with Crippen LogP contribution in [0.15, 0.2) is 49.1 Å². The Morgan fingerprint density at radius 1 is 1.46 bits per heavy atom. The number of methoxy groups -OCH3 is 1. The lowest BCUT2D eigenvalue weighted by Crippen LogP contribution is -1.98. The van der Waals surface area contributed by atoms with Crippen LogP contribution in [0.4, 0.5) is 0 Å². The highest BCUT2D eigenvalue weighted by atomic mass is 16.6. The molecular weight excluding hydrogens is 330 g/mol. The molecule has 1 aromatic heterocycles. The van der Waals surface area contributed by atoms with Crippen LogP contribution in [0.25, 0.3) is 16.5 Å². The Morgan fingerprint density at radius 2 is 2.15 bits per heavy atom. The summed E-state index contributed by atoms with van der Waals surface area (Å²) in [5, 5.41) is 20.9. The molecule has 0 spiro atoms. The van der Waals surface area contributed by atoms with Crippen molar-refractivity contribution in [1.82, 2.24) is 4.57 Å². The van der Waals surface area contributed by atoms with Crippen LogP contribution in [0.1, 0.15) is 25.1 Å². The molecule has 1 aromatic carbocycles. The Morgan fingerprint density at radius 3 is 2.69 bits per heavy atom. The van der Waals surface area contributed by atoms with Crippen molar-refractivity contribution in [2.75, 3.05) is 13.7 Å². The number of aryl methyl sites for hydroxylation is 1. The number of benzene rings is 1. The fourth-order valence-electron chi connectivity index (χ4n) is 2.60. The quantitative estimate of drug-likeness (QED) is 0.435. The summed E-state index contributed by atoms with van der Waals surface area (Å²) in [6.07, 6.45) is 6.40. The summed E-state index contributed by atoms with van der Waals surface area (Å²) in [6.45, 7) is 7.40. The Balaban J connectivity index is 0.00000163. The number of ether oxygens (including phenoxy) is 1. The zero-order chi connectivity index (χ0) is 19.7. The first-order chi connectivity index (χ1) is 12.5. The third kappa shape index (κ3) is 4.39. The van der Waals surface area contributed by atoms with Gasteiger partial charge in [-0.05, 0) is 23.8 Å². The number of aromatic nitrogens is 1. The molecule has 6 heteroatoms. The molecule has 0 radical (unpaired) electrons. The van der Waals surface area contributed by atoms with Crippen molar-refractivity contribution in [2.45, 2.75) is 13.8 Å². The molecule has 26 heavy (non-hydrogen) atoms. The molecule has 2 aromatic rings. The summed E-state index contributed by atoms with van der Waals surface area (Å²) in [5.41, 5.74) is 2.72. The number of nitro groups is 1. The average molecular weight is 353 g/mol. The van der Waals surface area contributed by atoms with Crippen molar-refractivity contribution >= 4 is 16.5 Å². The zero-order valence-electron chi connectivity index (χ0n) is 15.5. The molecule has 0 aliphatic rings. The molecular formula is C20H23N3O3. The Kier molecular flexibility index (Phi) is 7.84. The summed E-state index contributed by atoms with van der Waals surface area (Å²) in [4.78, 5) is 10.1. The number of nitrogens with zero attached hydrogens (tertiary/aromatic N) is 3. The summed E-state index contributed by atoms with van der Waals surface area (Å²) in [6, 6.07) is 7.72. The van der Waals surface area contributed by atoms with Crippen LogP contribution in [0.2, 0.25) is 0 Å². The van der Waals surface area contributed by atoms with E-state index in [2.05, 4.69) is 12.6 Å². The highest BCUT2D eigenvalue weighted by molar-refractivity contribution is 5.95. The molecule has 2 rings (SSSR count). The smallest absolute Gasteiger partial charge is 0.222 e.